The fourth-order valence-electron chi connectivity index (χ4n) is 2.05. The molecule has 0 heterocycles. The largest absolute Gasteiger partial charge is 0.355 e. The molecular weight excluding hydrogens is 350 g/mol. The quantitative estimate of drug-likeness (QED) is 0.250. The zero-order valence-corrected chi connectivity index (χ0v) is 16.6. The summed E-state index contributed by atoms with van der Waals surface area (Å²) in [4.78, 5) is 11.4. The normalized spacial score (nSPS) is 12.8. The summed E-state index contributed by atoms with van der Waals surface area (Å²) in [6.07, 6.45) is 24.2. The predicted molar refractivity (Wildman–Crippen MR) is 109 cm³/mol. The molecule has 0 aromatic heterocycles. The molecule has 0 radical (unpaired) electrons. The maximum Gasteiger partial charge on any atom is 0.266 e. The van der Waals surface area contributed by atoms with Crippen LogP contribution in [0.25, 0.3) is 0 Å². The minimum absolute atomic E-state index is 0.0471. The number of nitrogens with one attached hydrogen (secondary N) is 1. The maximum atomic E-state index is 11.4. The van der Waals surface area contributed by atoms with Gasteiger partial charge in [-0.15, -0.1) is 0 Å². The lowest BCUT2D eigenvalue weighted by molar-refractivity contribution is -0.121. The maximum absolute atomic E-state index is 11.4. The third-order valence-corrected chi connectivity index (χ3v) is 4.15. The lowest BCUT2D eigenvalue weighted by Crippen LogP contribution is -2.28. The van der Waals surface area contributed by atoms with Crippen molar-refractivity contribution >= 4 is 16.0 Å². The molecular formula is C20H33NO4S. The van der Waals surface area contributed by atoms with Crippen LogP contribution in [0.3, 0.4) is 0 Å². The molecule has 0 atom stereocenters. The van der Waals surface area contributed by atoms with Crippen molar-refractivity contribution in [3.05, 3.63) is 48.6 Å². The first-order chi connectivity index (χ1) is 12.5. The molecule has 0 aliphatic carbocycles. The van der Waals surface area contributed by atoms with E-state index in [2.05, 4.69) is 60.8 Å². The summed E-state index contributed by atoms with van der Waals surface area (Å²) in [6, 6.07) is 0. The molecule has 0 bridgehead atoms. The molecule has 0 unspecified atom stereocenters. The van der Waals surface area contributed by atoms with Crippen LogP contribution in [0, 0.1) is 0 Å². The van der Waals surface area contributed by atoms with E-state index in [0.717, 1.165) is 44.9 Å². The van der Waals surface area contributed by atoms with Gasteiger partial charge in [-0.1, -0.05) is 55.5 Å². The molecule has 1 amide bonds. The van der Waals surface area contributed by atoms with E-state index in [0.29, 0.717) is 6.42 Å². The number of hydrogen-bond acceptors (Lipinski definition) is 3. The van der Waals surface area contributed by atoms with Crippen molar-refractivity contribution in [1.82, 2.24) is 5.32 Å². The first-order valence-electron chi connectivity index (χ1n) is 9.27. The lowest BCUT2D eigenvalue weighted by Gasteiger charge is -2.03. The Hall–Kier alpha value is -1.66. The van der Waals surface area contributed by atoms with Crippen molar-refractivity contribution < 1.29 is 17.8 Å². The number of carbonyl (C=O) groups is 1. The van der Waals surface area contributed by atoms with Crippen LogP contribution in [0.4, 0.5) is 0 Å². The Morgan fingerprint density at radius 3 is 1.96 bits per heavy atom. The fourth-order valence-corrected chi connectivity index (χ4v) is 2.41. The van der Waals surface area contributed by atoms with E-state index in [1.54, 1.807) is 0 Å². The summed E-state index contributed by atoms with van der Waals surface area (Å²) in [6.45, 7) is 2.08. The van der Waals surface area contributed by atoms with Gasteiger partial charge in [-0.3, -0.25) is 9.35 Å². The molecule has 0 aliphatic heterocycles. The van der Waals surface area contributed by atoms with E-state index in [-0.39, 0.29) is 12.5 Å². The Kier molecular flexibility index (Phi) is 15.7. The van der Waals surface area contributed by atoms with Gasteiger partial charge in [0.25, 0.3) is 10.1 Å². The van der Waals surface area contributed by atoms with Gasteiger partial charge in [-0.2, -0.15) is 8.42 Å². The van der Waals surface area contributed by atoms with Crippen LogP contribution < -0.4 is 5.32 Å². The van der Waals surface area contributed by atoms with Crippen LogP contribution >= 0.6 is 0 Å². The van der Waals surface area contributed by atoms with Crippen LogP contribution in [0.1, 0.15) is 58.3 Å². The second-order valence-electron chi connectivity index (χ2n) is 5.88. The molecule has 5 nitrogen and oxygen atoms in total. The van der Waals surface area contributed by atoms with E-state index < -0.39 is 15.9 Å². The van der Waals surface area contributed by atoms with Gasteiger partial charge in [-0.05, 0) is 44.9 Å². The summed E-state index contributed by atoms with van der Waals surface area (Å²) in [7, 11) is -4.01. The Morgan fingerprint density at radius 2 is 1.42 bits per heavy atom. The van der Waals surface area contributed by atoms with E-state index in [9.17, 15) is 13.2 Å². The molecule has 0 saturated carbocycles. The Labute approximate surface area is 158 Å². The van der Waals surface area contributed by atoms with Gasteiger partial charge in [-0.25, -0.2) is 0 Å². The van der Waals surface area contributed by atoms with Crippen LogP contribution in [-0.4, -0.2) is 31.2 Å². The first-order valence-corrected chi connectivity index (χ1v) is 10.9. The topological polar surface area (TPSA) is 83.5 Å². The van der Waals surface area contributed by atoms with Crippen LogP contribution in [0.2, 0.25) is 0 Å². The molecule has 26 heavy (non-hydrogen) atoms. The van der Waals surface area contributed by atoms with Gasteiger partial charge in [0.2, 0.25) is 5.91 Å². The second-order valence-corrected chi connectivity index (χ2v) is 7.45. The molecule has 0 spiro atoms. The Morgan fingerprint density at radius 1 is 0.885 bits per heavy atom. The van der Waals surface area contributed by atoms with Gasteiger partial charge in [0.15, 0.2) is 0 Å². The van der Waals surface area contributed by atoms with Crippen molar-refractivity contribution in [1.29, 1.82) is 0 Å². The number of carbonyl (C=O) groups excluding carboxylic acids is 1. The summed E-state index contributed by atoms with van der Waals surface area (Å²) >= 11 is 0. The van der Waals surface area contributed by atoms with Crippen molar-refractivity contribution in [2.45, 2.75) is 58.3 Å². The van der Waals surface area contributed by atoms with Gasteiger partial charge < -0.3 is 5.32 Å². The highest BCUT2D eigenvalue weighted by Crippen LogP contribution is 2.02. The smallest absolute Gasteiger partial charge is 0.266 e. The third-order valence-electron chi connectivity index (χ3n) is 3.43. The van der Waals surface area contributed by atoms with Crippen molar-refractivity contribution in [3.63, 3.8) is 0 Å². The molecule has 0 aromatic carbocycles. The zero-order valence-electron chi connectivity index (χ0n) is 15.8. The molecule has 6 heteroatoms. The SMILES string of the molecule is CC/C=C\C/C=C\C/C=C\C/C=C\CCCCC(=O)NCCS(=O)(=O)O. The summed E-state index contributed by atoms with van der Waals surface area (Å²) < 4.78 is 29.6. The molecule has 0 rings (SSSR count). The van der Waals surface area contributed by atoms with E-state index in [4.69, 9.17) is 4.55 Å². The molecule has 0 saturated heterocycles. The number of amides is 1. The number of hydrogen-bond donors (Lipinski definition) is 2. The second kappa shape index (κ2) is 16.8. The average molecular weight is 384 g/mol. The Bertz CT molecular complexity index is 575. The predicted octanol–water partition coefficient (Wildman–Crippen LogP) is 4.36. The fraction of sp³-hybridized carbons (Fsp3) is 0.550. The standard InChI is InChI=1S/C20H33NO4S/c1-2-3-4-5-6-7-8-9-10-11-12-13-14-15-16-17-20(22)21-18-19-26(23,24)25/h3-4,6-7,9-10,12-13H,2,5,8,11,14-19H2,1H3,(H,21,22)(H,23,24,25)/b4-3-,7-6-,10-9-,13-12-. The average Bonchev–Trinajstić information content (AvgIpc) is 2.57. The highest BCUT2D eigenvalue weighted by Gasteiger charge is 2.05. The van der Waals surface area contributed by atoms with Gasteiger partial charge in [0, 0.05) is 13.0 Å². The van der Waals surface area contributed by atoms with E-state index in [1.165, 1.54) is 0 Å². The monoisotopic (exact) mass is 383 g/mol. The van der Waals surface area contributed by atoms with E-state index >= 15 is 0 Å². The molecule has 0 fully saturated rings. The minimum Gasteiger partial charge on any atom is -0.355 e. The van der Waals surface area contributed by atoms with Crippen LogP contribution in [0.5, 0.6) is 0 Å². The van der Waals surface area contributed by atoms with Crippen molar-refractivity contribution in [3.8, 4) is 0 Å². The number of rotatable bonds is 15. The molecule has 2 N–H and O–H groups in total. The van der Waals surface area contributed by atoms with Crippen LogP contribution in [-0.2, 0) is 14.9 Å². The molecule has 148 valence electrons. The number of allylic oxidation sites excluding steroid dienone is 8. The van der Waals surface area contributed by atoms with Gasteiger partial charge >= 0.3 is 0 Å². The van der Waals surface area contributed by atoms with Gasteiger partial charge in [0.1, 0.15) is 0 Å². The minimum atomic E-state index is -4.01. The van der Waals surface area contributed by atoms with Gasteiger partial charge in [0.05, 0.1) is 5.75 Å². The van der Waals surface area contributed by atoms with E-state index in [1.807, 2.05) is 0 Å². The first kappa shape index (κ1) is 24.3. The summed E-state index contributed by atoms with van der Waals surface area (Å²) in [5, 5.41) is 2.47. The van der Waals surface area contributed by atoms with Crippen molar-refractivity contribution in [2.24, 2.45) is 0 Å². The number of unbranched alkanes of at least 4 members (excludes halogenated alkanes) is 2. The van der Waals surface area contributed by atoms with Crippen molar-refractivity contribution in [2.75, 3.05) is 12.3 Å². The molecule has 0 aliphatic rings. The van der Waals surface area contributed by atoms with Crippen LogP contribution in [0.15, 0.2) is 48.6 Å². The lowest BCUT2D eigenvalue weighted by atomic mass is 10.1. The Balaban J connectivity index is 3.51. The summed E-state index contributed by atoms with van der Waals surface area (Å²) in [5.41, 5.74) is 0. The highest BCUT2D eigenvalue weighted by molar-refractivity contribution is 7.85. The molecule has 0 aromatic rings. The summed E-state index contributed by atoms with van der Waals surface area (Å²) in [5.74, 6) is -0.625. The highest BCUT2D eigenvalue weighted by atomic mass is 32.2. The zero-order chi connectivity index (χ0) is 19.5. The third kappa shape index (κ3) is 20.4.